The maximum Gasteiger partial charge on any atom is 0.272 e. The van der Waals surface area contributed by atoms with Crippen molar-refractivity contribution >= 4 is 17.5 Å². The van der Waals surface area contributed by atoms with Gasteiger partial charge < -0.3 is 19.7 Å². The highest BCUT2D eigenvalue weighted by molar-refractivity contribution is 6.05. The number of pyridine rings is 1. The van der Waals surface area contributed by atoms with Crippen LogP contribution in [0.3, 0.4) is 0 Å². The lowest BCUT2D eigenvalue weighted by molar-refractivity contribution is 0.0779. The first-order chi connectivity index (χ1) is 14.1. The third-order valence-electron chi connectivity index (χ3n) is 4.48. The fourth-order valence-corrected chi connectivity index (χ4v) is 2.99. The molecule has 0 aliphatic carbocycles. The minimum Gasteiger partial charge on any atom is -0.454 e. The molecule has 0 bridgehead atoms. The van der Waals surface area contributed by atoms with Crippen molar-refractivity contribution in [2.45, 2.75) is 6.54 Å². The fraction of sp³-hybridized carbons (Fsp3) is 0.136. The Bertz CT molecular complexity index is 1050. The molecule has 1 N–H and O–H groups in total. The standard InChI is InChI=1S/C22H19N3O4/c1-25(13-15-5-3-2-4-6-15)22(27)18-11-16(9-10-23-18)21(26)24-17-7-8-19-20(12-17)29-14-28-19/h2-12H,13-14H2,1H3,(H,24,26). The molecule has 2 heterocycles. The number of benzene rings is 2. The lowest BCUT2D eigenvalue weighted by Gasteiger charge is -2.17. The minimum absolute atomic E-state index is 0.166. The van der Waals surface area contributed by atoms with Gasteiger partial charge in [0, 0.05) is 37.1 Å². The van der Waals surface area contributed by atoms with Gasteiger partial charge in [-0.1, -0.05) is 30.3 Å². The number of amides is 2. The summed E-state index contributed by atoms with van der Waals surface area (Å²) in [6.45, 7) is 0.619. The Hall–Kier alpha value is -3.87. The maximum absolute atomic E-state index is 12.7. The van der Waals surface area contributed by atoms with E-state index >= 15 is 0 Å². The molecular formula is C22H19N3O4. The van der Waals surface area contributed by atoms with E-state index in [2.05, 4.69) is 10.3 Å². The number of anilines is 1. The highest BCUT2D eigenvalue weighted by atomic mass is 16.7. The van der Waals surface area contributed by atoms with Gasteiger partial charge in [0.15, 0.2) is 11.5 Å². The van der Waals surface area contributed by atoms with Crippen LogP contribution in [0.2, 0.25) is 0 Å². The van der Waals surface area contributed by atoms with Crippen molar-refractivity contribution in [3.63, 3.8) is 0 Å². The number of nitrogens with one attached hydrogen (secondary N) is 1. The lowest BCUT2D eigenvalue weighted by Crippen LogP contribution is -2.27. The highest BCUT2D eigenvalue weighted by Crippen LogP contribution is 2.34. The van der Waals surface area contributed by atoms with E-state index in [1.807, 2.05) is 30.3 Å². The van der Waals surface area contributed by atoms with Gasteiger partial charge in [-0.05, 0) is 29.8 Å². The molecule has 0 unspecified atom stereocenters. The van der Waals surface area contributed by atoms with Crippen molar-refractivity contribution in [1.82, 2.24) is 9.88 Å². The minimum atomic E-state index is -0.342. The van der Waals surface area contributed by atoms with Gasteiger partial charge in [0.05, 0.1) is 0 Å². The molecule has 0 radical (unpaired) electrons. The molecule has 7 heteroatoms. The van der Waals surface area contributed by atoms with Crippen molar-refractivity contribution in [3.8, 4) is 11.5 Å². The summed E-state index contributed by atoms with van der Waals surface area (Å²) in [5.41, 5.74) is 2.14. The van der Waals surface area contributed by atoms with E-state index in [0.717, 1.165) is 5.56 Å². The van der Waals surface area contributed by atoms with Crippen LogP contribution in [0.4, 0.5) is 5.69 Å². The van der Waals surface area contributed by atoms with E-state index < -0.39 is 0 Å². The molecule has 1 aliphatic rings. The van der Waals surface area contributed by atoms with Crippen LogP contribution in [0.1, 0.15) is 26.4 Å². The molecule has 0 atom stereocenters. The van der Waals surface area contributed by atoms with E-state index in [4.69, 9.17) is 9.47 Å². The Labute approximate surface area is 167 Å². The van der Waals surface area contributed by atoms with Crippen LogP contribution in [0.25, 0.3) is 0 Å². The topological polar surface area (TPSA) is 80.8 Å². The van der Waals surface area contributed by atoms with E-state index in [-0.39, 0.29) is 24.3 Å². The number of hydrogen-bond donors (Lipinski definition) is 1. The fourth-order valence-electron chi connectivity index (χ4n) is 2.99. The molecule has 146 valence electrons. The Morgan fingerprint density at radius 1 is 1.03 bits per heavy atom. The van der Waals surface area contributed by atoms with Crippen LogP contribution < -0.4 is 14.8 Å². The van der Waals surface area contributed by atoms with Gasteiger partial charge in [0.1, 0.15) is 5.69 Å². The summed E-state index contributed by atoms with van der Waals surface area (Å²) in [4.78, 5) is 31.0. The van der Waals surface area contributed by atoms with Crippen molar-refractivity contribution in [2.24, 2.45) is 0 Å². The van der Waals surface area contributed by atoms with Crippen molar-refractivity contribution in [2.75, 3.05) is 19.2 Å². The lowest BCUT2D eigenvalue weighted by atomic mass is 10.1. The zero-order valence-electron chi connectivity index (χ0n) is 15.8. The van der Waals surface area contributed by atoms with E-state index in [1.165, 1.54) is 12.3 Å². The van der Waals surface area contributed by atoms with Gasteiger partial charge in [-0.3, -0.25) is 14.6 Å². The number of hydrogen-bond acceptors (Lipinski definition) is 5. The summed E-state index contributed by atoms with van der Waals surface area (Å²) in [6, 6.07) is 17.9. The van der Waals surface area contributed by atoms with Crippen LogP contribution in [-0.2, 0) is 6.54 Å². The molecule has 1 aromatic heterocycles. The molecule has 2 aromatic carbocycles. The number of ether oxygens (including phenoxy) is 2. The van der Waals surface area contributed by atoms with Crippen molar-refractivity contribution in [3.05, 3.63) is 83.7 Å². The molecule has 1 aliphatic heterocycles. The molecule has 0 saturated carbocycles. The molecule has 29 heavy (non-hydrogen) atoms. The Morgan fingerprint density at radius 2 is 1.83 bits per heavy atom. The van der Waals surface area contributed by atoms with E-state index in [1.54, 1.807) is 36.2 Å². The Morgan fingerprint density at radius 3 is 2.66 bits per heavy atom. The smallest absolute Gasteiger partial charge is 0.272 e. The zero-order chi connectivity index (χ0) is 20.2. The SMILES string of the molecule is CN(Cc1ccccc1)C(=O)c1cc(C(=O)Nc2ccc3c(c2)OCO3)ccn1. The molecule has 0 spiro atoms. The third kappa shape index (κ3) is 4.19. The monoisotopic (exact) mass is 389 g/mol. The number of fused-ring (bicyclic) bond motifs is 1. The van der Waals surface area contributed by atoms with Gasteiger partial charge in [-0.2, -0.15) is 0 Å². The molecule has 4 rings (SSSR count). The normalized spacial score (nSPS) is 11.8. The number of carbonyl (C=O) groups excluding carboxylic acids is 2. The first-order valence-electron chi connectivity index (χ1n) is 9.06. The molecular weight excluding hydrogens is 370 g/mol. The van der Waals surface area contributed by atoms with Crippen LogP contribution in [-0.4, -0.2) is 35.5 Å². The highest BCUT2D eigenvalue weighted by Gasteiger charge is 2.17. The van der Waals surface area contributed by atoms with Crippen molar-refractivity contribution < 1.29 is 19.1 Å². The summed E-state index contributed by atoms with van der Waals surface area (Å²) in [6.07, 6.45) is 1.46. The predicted molar refractivity (Wildman–Crippen MR) is 107 cm³/mol. The van der Waals surface area contributed by atoms with E-state index in [9.17, 15) is 9.59 Å². The second-order valence-electron chi connectivity index (χ2n) is 6.60. The number of nitrogens with zero attached hydrogens (tertiary/aromatic N) is 2. The number of carbonyl (C=O) groups is 2. The molecule has 0 fully saturated rings. The molecule has 2 amide bonds. The van der Waals surface area contributed by atoms with Gasteiger partial charge in [0.2, 0.25) is 6.79 Å². The Balaban J connectivity index is 1.46. The average molecular weight is 389 g/mol. The van der Waals surface area contributed by atoms with Crippen LogP contribution >= 0.6 is 0 Å². The second kappa shape index (κ2) is 8.02. The van der Waals surface area contributed by atoms with Gasteiger partial charge in [0.25, 0.3) is 11.8 Å². The summed E-state index contributed by atoms with van der Waals surface area (Å²) >= 11 is 0. The first kappa shape index (κ1) is 18.5. The van der Waals surface area contributed by atoms with Crippen LogP contribution in [0, 0.1) is 0 Å². The molecule has 7 nitrogen and oxygen atoms in total. The number of aromatic nitrogens is 1. The van der Waals surface area contributed by atoms with Crippen molar-refractivity contribution in [1.29, 1.82) is 0 Å². The van der Waals surface area contributed by atoms with E-state index in [0.29, 0.717) is 29.3 Å². The quantitative estimate of drug-likeness (QED) is 0.724. The van der Waals surface area contributed by atoms with Gasteiger partial charge in [-0.15, -0.1) is 0 Å². The molecule has 3 aromatic rings. The Kier molecular flexibility index (Phi) is 5.11. The number of rotatable bonds is 5. The largest absolute Gasteiger partial charge is 0.454 e. The maximum atomic E-state index is 12.7. The average Bonchev–Trinajstić information content (AvgIpc) is 3.22. The summed E-state index contributed by atoms with van der Waals surface area (Å²) in [7, 11) is 1.70. The van der Waals surface area contributed by atoms with Gasteiger partial charge >= 0.3 is 0 Å². The van der Waals surface area contributed by atoms with Crippen LogP contribution in [0.15, 0.2) is 66.9 Å². The zero-order valence-corrected chi connectivity index (χ0v) is 15.8. The molecule has 0 saturated heterocycles. The predicted octanol–water partition coefficient (Wildman–Crippen LogP) is 3.33. The van der Waals surface area contributed by atoms with Gasteiger partial charge in [-0.25, -0.2) is 0 Å². The summed E-state index contributed by atoms with van der Waals surface area (Å²) < 4.78 is 10.6. The third-order valence-corrected chi connectivity index (χ3v) is 4.48. The summed E-state index contributed by atoms with van der Waals surface area (Å²) in [5, 5.41) is 2.80. The van der Waals surface area contributed by atoms with Crippen LogP contribution in [0.5, 0.6) is 11.5 Å². The summed E-state index contributed by atoms with van der Waals surface area (Å²) in [5.74, 6) is 0.620. The second-order valence-corrected chi connectivity index (χ2v) is 6.60. The first-order valence-corrected chi connectivity index (χ1v) is 9.06.